The Hall–Kier alpha value is -3.06. The molecule has 2 atom stereocenters. The van der Waals surface area contributed by atoms with Crippen LogP contribution >= 0.6 is 0 Å². The number of nitrogens with zero attached hydrogens (tertiary/aromatic N) is 4. The SMILES string of the molecule is NC(=O)CN1CC[C@@H](CNc2ncnc(N(Cc3ccc(C(F)(F)F)cc3)[C@H]3C[C@@H](F)C3)c2F)[C@H](O)C1. The van der Waals surface area contributed by atoms with Crippen molar-refractivity contribution in [3.63, 3.8) is 0 Å². The molecule has 202 valence electrons. The summed E-state index contributed by atoms with van der Waals surface area (Å²) >= 11 is 0. The molecule has 1 aromatic carbocycles. The number of likely N-dealkylation sites (tertiary alicyclic amines) is 1. The number of benzene rings is 1. The molecule has 1 saturated heterocycles. The molecule has 2 fully saturated rings. The first-order valence-electron chi connectivity index (χ1n) is 12.0. The first-order valence-corrected chi connectivity index (χ1v) is 12.0. The van der Waals surface area contributed by atoms with Crippen molar-refractivity contribution in [2.24, 2.45) is 11.7 Å². The van der Waals surface area contributed by atoms with E-state index in [0.29, 0.717) is 18.5 Å². The van der Waals surface area contributed by atoms with E-state index in [0.717, 1.165) is 18.5 Å². The molecule has 13 heteroatoms. The molecule has 1 amide bonds. The fraction of sp³-hybridized carbons (Fsp3) is 0.542. The molecule has 2 aromatic rings. The number of aromatic nitrogens is 2. The third kappa shape index (κ3) is 6.63. The van der Waals surface area contributed by atoms with Crippen molar-refractivity contribution in [2.75, 3.05) is 36.4 Å². The van der Waals surface area contributed by atoms with Crippen LogP contribution in [0.15, 0.2) is 30.6 Å². The van der Waals surface area contributed by atoms with Crippen LogP contribution in [0.25, 0.3) is 0 Å². The quantitative estimate of drug-likeness (QED) is 0.430. The maximum absolute atomic E-state index is 15.5. The Kier molecular flexibility index (Phi) is 8.12. The molecule has 0 unspecified atom stereocenters. The average Bonchev–Trinajstić information content (AvgIpc) is 2.80. The highest BCUT2D eigenvalue weighted by Crippen LogP contribution is 2.35. The Balaban J connectivity index is 1.46. The van der Waals surface area contributed by atoms with Gasteiger partial charge in [-0.2, -0.15) is 17.6 Å². The lowest BCUT2D eigenvalue weighted by molar-refractivity contribution is -0.137. The van der Waals surface area contributed by atoms with Gasteiger partial charge in [0.1, 0.15) is 12.5 Å². The number of β-amino-alcohol motifs (C(OH)–C–C–N with tert-alkyl or cyclic N) is 1. The fourth-order valence-electron chi connectivity index (χ4n) is 4.71. The minimum atomic E-state index is -4.47. The second-order valence-electron chi connectivity index (χ2n) is 9.60. The van der Waals surface area contributed by atoms with E-state index < -0.39 is 35.7 Å². The number of carbonyl (C=O) groups excluding carboxylic acids is 1. The lowest BCUT2D eigenvalue weighted by Crippen LogP contribution is -2.48. The summed E-state index contributed by atoms with van der Waals surface area (Å²) in [5.41, 5.74) is 4.91. The standard InChI is InChI=1S/C24H29F5N6O2/c25-17-7-18(8-17)35(10-14-1-3-16(4-2-14)24(27,28)29)23-21(26)22(32-13-33-23)31-9-15-5-6-34(11-19(15)36)12-20(30)37/h1-4,13,15,17-19,36H,5-12H2,(H2,30,37)(H,31,32,33)/t15-,17-,18+,19+/m0/s1. The zero-order chi connectivity index (χ0) is 26.7. The van der Waals surface area contributed by atoms with E-state index in [2.05, 4.69) is 15.3 Å². The number of hydrogen-bond acceptors (Lipinski definition) is 7. The average molecular weight is 529 g/mol. The van der Waals surface area contributed by atoms with Gasteiger partial charge >= 0.3 is 6.18 Å². The number of halogens is 5. The summed E-state index contributed by atoms with van der Waals surface area (Å²) in [4.78, 5) is 22.5. The second-order valence-corrected chi connectivity index (χ2v) is 9.60. The summed E-state index contributed by atoms with van der Waals surface area (Å²) in [6.45, 7) is 1.13. The molecule has 1 saturated carbocycles. The summed E-state index contributed by atoms with van der Waals surface area (Å²) < 4.78 is 67.9. The number of carbonyl (C=O) groups is 1. The van der Waals surface area contributed by atoms with Gasteiger partial charge in [0, 0.05) is 31.6 Å². The third-order valence-electron chi connectivity index (χ3n) is 6.89. The first kappa shape index (κ1) is 27.0. The number of piperidine rings is 1. The van der Waals surface area contributed by atoms with Crippen LogP contribution in [0, 0.1) is 11.7 Å². The summed E-state index contributed by atoms with van der Waals surface area (Å²) in [7, 11) is 0. The van der Waals surface area contributed by atoms with Crippen LogP contribution in [0.4, 0.5) is 33.6 Å². The van der Waals surface area contributed by atoms with E-state index in [1.807, 2.05) is 0 Å². The maximum atomic E-state index is 15.5. The van der Waals surface area contributed by atoms with E-state index in [4.69, 9.17) is 5.73 Å². The van der Waals surface area contributed by atoms with Crippen molar-refractivity contribution in [3.8, 4) is 0 Å². The molecule has 1 aliphatic carbocycles. The van der Waals surface area contributed by atoms with Crippen molar-refractivity contribution in [1.29, 1.82) is 0 Å². The van der Waals surface area contributed by atoms with Gasteiger partial charge in [-0.1, -0.05) is 12.1 Å². The van der Waals surface area contributed by atoms with Crippen LogP contribution in [-0.2, 0) is 17.5 Å². The van der Waals surface area contributed by atoms with Gasteiger partial charge in [0.05, 0.1) is 18.2 Å². The number of aliphatic hydroxyl groups excluding tert-OH is 1. The van der Waals surface area contributed by atoms with Crippen molar-refractivity contribution >= 4 is 17.5 Å². The summed E-state index contributed by atoms with van der Waals surface area (Å²) in [6, 6.07) is 4.16. The second kappa shape index (κ2) is 11.1. The van der Waals surface area contributed by atoms with Gasteiger partial charge in [-0.25, -0.2) is 14.4 Å². The number of primary amides is 1. The molecule has 1 aromatic heterocycles. The highest BCUT2D eigenvalue weighted by atomic mass is 19.4. The van der Waals surface area contributed by atoms with Crippen LogP contribution in [0.5, 0.6) is 0 Å². The van der Waals surface area contributed by atoms with E-state index >= 15 is 4.39 Å². The van der Waals surface area contributed by atoms with Gasteiger partial charge < -0.3 is 21.1 Å². The largest absolute Gasteiger partial charge is 0.416 e. The zero-order valence-corrected chi connectivity index (χ0v) is 20.0. The number of amides is 1. The van der Waals surface area contributed by atoms with Gasteiger partial charge in [0.2, 0.25) is 11.7 Å². The maximum Gasteiger partial charge on any atom is 0.416 e. The number of nitrogens with two attached hydrogens (primary N) is 1. The summed E-state index contributed by atoms with van der Waals surface area (Å²) in [5.74, 6) is -1.64. The summed E-state index contributed by atoms with van der Waals surface area (Å²) in [6.07, 6.45) is -4.23. The third-order valence-corrected chi connectivity index (χ3v) is 6.89. The van der Waals surface area contributed by atoms with Crippen LogP contribution in [0.1, 0.15) is 30.4 Å². The van der Waals surface area contributed by atoms with Gasteiger partial charge in [0.25, 0.3) is 0 Å². The number of anilines is 2. The fourth-order valence-corrected chi connectivity index (χ4v) is 4.71. The Morgan fingerprint density at radius 1 is 1.22 bits per heavy atom. The number of alkyl halides is 4. The van der Waals surface area contributed by atoms with Gasteiger partial charge in [-0.05, 0) is 43.5 Å². The number of hydrogen-bond donors (Lipinski definition) is 3. The van der Waals surface area contributed by atoms with Crippen LogP contribution < -0.4 is 16.0 Å². The molecule has 0 bridgehead atoms. The smallest absolute Gasteiger partial charge is 0.391 e. The van der Waals surface area contributed by atoms with Crippen molar-refractivity contribution in [2.45, 2.75) is 50.3 Å². The zero-order valence-electron chi connectivity index (χ0n) is 20.0. The normalized spacial score (nSPS) is 24.4. The van der Waals surface area contributed by atoms with Crippen LogP contribution in [0.3, 0.4) is 0 Å². The van der Waals surface area contributed by atoms with Crippen LogP contribution in [-0.4, -0.2) is 70.4 Å². The number of aliphatic hydroxyl groups is 1. The molecule has 37 heavy (non-hydrogen) atoms. The lowest BCUT2D eigenvalue weighted by Gasteiger charge is -2.40. The Morgan fingerprint density at radius 3 is 2.51 bits per heavy atom. The molecule has 4 rings (SSSR count). The predicted molar refractivity (Wildman–Crippen MR) is 126 cm³/mol. The van der Waals surface area contributed by atoms with Gasteiger partial charge in [-0.3, -0.25) is 9.69 Å². The molecule has 2 heterocycles. The summed E-state index contributed by atoms with van der Waals surface area (Å²) in [5, 5.41) is 13.4. The topological polar surface area (TPSA) is 108 Å². The Morgan fingerprint density at radius 2 is 1.92 bits per heavy atom. The molecule has 4 N–H and O–H groups in total. The first-order chi connectivity index (χ1) is 17.5. The van der Waals surface area contributed by atoms with Crippen LogP contribution in [0.2, 0.25) is 0 Å². The lowest BCUT2D eigenvalue weighted by atomic mass is 9.89. The Bertz CT molecular complexity index is 1080. The molecular formula is C24H29F5N6O2. The van der Waals surface area contributed by atoms with Gasteiger partial charge in [0.15, 0.2) is 11.6 Å². The molecule has 2 aliphatic rings. The number of rotatable bonds is 9. The minimum Gasteiger partial charge on any atom is -0.391 e. The highest BCUT2D eigenvalue weighted by molar-refractivity contribution is 5.75. The molecule has 0 spiro atoms. The van der Waals surface area contributed by atoms with Crippen molar-refractivity contribution < 1.29 is 31.9 Å². The van der Waals surface area contributed by atoms with E-state index in [1.54, 1.807) is 9.80 Å². The minimum absolute atomic E-state index is 0.0416. The number of nitrogens with one attached hydrogen (secondary N) is 1. The highest BCUT2D eigenvalue weighted by Gasteiger charge is 2.37. The van der Waals surface area contributed by atoms with E-state index in [9.17, 15) is 27.5 Å². The van der Waals surface area contributed by atoms with Crippen molar-refractivity contribution in [3.05, 3.63) is 47.5 Å². The molecule has 0 radical (unpaired) electrons. The molecular weight excluding hydrogens is 499 g/mol. The molecule has 1 aliphatic heterocycles. The molecule has 8 nitrogen and oxygen atoms in total. The van der Waals surface area contributed by atoms with E-state index in [-0.39, 0.29) is 62.6 Å². The Labute approximate surface area is 210 Å². The van der Waals surface area contributed by atoms with Crippen molar-refractivity contribution in [1.82, 2.24) is 14.9 Å². The monoisotopic (exact) mass is 528 g/mol. The predicted octanol–water partition coefficient (Wildman–Crippen LogP) is 2.72. The van der Waals surface area contributed by atoms with E-state index in [1.165, 1.54) is 12.1 Å². The van der Waals surface area contributed by atoms with Gasteiger partial charge in [-0.15, -0.1) is 0 Å².